The maximum absolute atomic E-state index is 10.2. The molecule has 6 N–H and O–H groups in total. The van der Waals surface area contributed by atoms with Crippen LogP contribution in [0.1, 0.15) is 6.42 Å². The topological polar surface area (TPSA) is 130 Å². The van der Waals surface area contributed by atoms with E-state index in [1.807, 2.05) is 5.09 Å². The van der Waals surface area contributed by atoms with Crippen LogP contribution in [0.15, 0.2) is 0 Å². The van der Waals surface area contributed by atoms with Gasteiger partial charge in [0, 0.05) is 12.6 Å². The number of hydrogen-bond acceptors (Lipinski definition) is 4. The van der Waals surface area contributed by atoms with Crippen molar-refractivity contribution in [1.82, 2.24) is 5.09 Å². The standard InChI is InChI=1S/C3H12NO6PSi/c5-11(6,7)4-2-1-3-12(8,9)10/h8-10H,1-3H2,(H3,4,5,6,7). The number of hydrogen-bond donors (Lipinski definition) is 6. The van der Waals surface area contributed by atoms with Crippen molar-refractivity contribution >= 4 is 16.6 Å². The van der Waals surface area contributed by atoms with E-state index >= 15 is 0 Å². The molecule has 74 valence electrons. The maximum atomic E-state index is 10.2. The molecule has 0 heterocycles. The molecule has 0 rings (SSSR count). The molecule has 0 unspecified atom stereocenters. The average Bonchev–Trinajstić information content (AvgIpc) is 1.76. The maximum Gasteiger partial charge on any atom is 0.492 e. The van der Waals surface area contributed by atoms with Crippen molar-refractivity contribution in [2.75, 3.05) is 6.54 Å². The molecular weight excluding hydrogens is 205 g/mol. The Morgan fingerprint density at radius 3 is 2.08 bits per heavy atom. The van der Waals surface area contributed by atoms with E-state index in [1.165, 1.54) is 0 Å². The van der Waals surface area contributed by atoms with Gasteiger partial charge >= 0.3 is 16.6 Å². The van der Waals surface area contributed by atoms with Crippen molar-refractivity contribution in [3.05, 3.63) is 0 Å². The fourth-order valence-electron chi connectivity index (χ4n) is 0.550. The first kappa shape index (κ1) is 12.2. The van der Waals surface area contributed by atoms with Crippen LogP contribution in [-0.4, -0.2) is 39.5 Å². The first-order valence-corrected chi connectivity index (χ1v) is 6.85. The highest BCUT2D eigenvalue weighted by Crippen LogP contribution is 2.27. The van der Waals surface area contributed by atoms with Gasteiger partial charge in [0.1, 0.15) is 0 Å². The lowest BCUT2D eigenvalue weighted by molar-refractivity contribution is 0.226. The van der Waals surface area contributed by atoms with Gasteiger partial charge in [0.15, 0.2) is 0 Å². The highest BCUT2D eigenvalue weighted by atomic mass is 31.2. The lowest BCUT2D eigenvalue weighted by Crippen LogP contribution is -2.34. The van der Waals surface area contributed by atoms with Gasteiger partial charge in [-0.15, -0.1) is 0 Å². The summed E-state index contributed by atoms with van der Waals surface area (Å²) in [6, 6.07) is -0.236. The van der Waals surface area contributed by atoms with Gasteiger partial charge < -0.3 is 24.2 Å². The molecule has 0 spiro atoms. The number of nitrogens with one attached hydrogen (secondary N) is 1. The molecule has 9 heteroatoms. The summed E-state index contributed by atoms with van der Waals surface area (Å²) in [5, 5.41) is 1.85. The molecule has 0 atom stereocenters. The van der Waals surface area contributed by atoms with Gasteiger partial charge in [-0.05, 0) is 6.42 Å². The van der Waals surface area contributed by atoms with Crippen LogP contribution < -0.4 is 5.09 Å². The van der Waals surface area contributed by atoms with E-state index in [9.17, 15) is 4.57 Å². The summed E-state index contributed by atoms with van der Waals surface area (Å²) in [5.74, 6) is 0. The van der Waals surface area contributed by atoms with Gasteiger partial charge in [0.05, 0.1) is 0 Å². The second-order valence-corrected chi connectivity index (χ2v) is 5.78. The molecule has 0 amide bonds. The van der Waals surface area contributed by atoms with E-state index in [0.717, 1.165) is 0 Å². The number of rotatable bonds is 5. The molecule has 0 aliphatic rings. The zero-order chi connectivity index (χ0) is 9.83. The second-order valence-electron chi connectivity index (χ2n) is 2.33. The molecule has 0 radical (unpaired) electrons. The summed E-state index contributed by atoms with van der Waals surface area (Å²) < 4.78 is 10.2. The van der Waals surface area contributed by atoms with Crippen LogP contribution in [-0.2, 0) is 4.57 Å². The van der Waals surface area contributed by atoms with Crippen LogP contribution in [0.3, 0.4) is 0 Å². The molecular formula is C3H12NO6PSi. The quantitative estimate of drug-likeness (QED) is 0.178. The van der Waals surface area contributed by atoms with Crippen molar-refractivity contribution in [3.8, 4) is 0 Å². The van der Waals surface area contributed by atoms with Crippen LogP contribution in [0.25, 0.3) is 0 Å². The molecule has 0 saturated heterocycles. The smallest absolute Gasteiger partial charge is 0.390 e. The van der Waals surface area contributed by atoms with E-state index in [2.05, 4.69) is 0 Å². The van der Waals surface area contributed by atoms with E-state index in [4.69, 9.17) is 24.2 Å². The Hall–Kier alpha value is 0.207. The first-order valence-electron chi connectivity index (χ1n) is 3.18. The largest absolute Gasteiger partial charge is 0.492 e. The zero-order valence-electron chi connectivity index (χ0n) is 6.21. The minimum absolute atomic E-state index is 0.0687. The Labute approximate surface area is 70.3 Å². The molecule has 0 aromatic heterocycles. The summed E-state index contributed by atoms with van der Waals surface area (Å²) in [5.41, 5.74) is 0. The Morgan fingerprint density at radius 1 is 1.25 bits per heavy atom. The lowest BCUT2D eigenvalue weighted by atomic mass is 10.5. The molecule has 12 heavy (non-hydrogen) atoms. The highest BCUT2D eigenvalue weighted by Gasteiger charge is 2.25. The molecule has 0 aromatic rings. The van der Waals surface area contributed by atoms with Crippen molar-refractivity contribution in [1.29, 1.82) is 0 Å². The van der Waals surface area contributed by atoms with Gasteiger partial charge in [-0.1, -0.05) is 0 Å². The molecule has 0 fully saturated rings. The average molecular weight is 217 g/mol. The van der Waals surface area contributed by atoms with Crippen LogP contribution in [0, 0.1) is 0 Å². The molecule has 0 aromatic carbocycles. The van der Waals surface area contributed by atoms with Gasteiger partial charge in [-0.2, -0.15) is 0 Å². The Kier molecular flexibility index (Phi) is 4.52. The van der Waals surface area contributed by atoms with E-state index in [-0.39, 0.29) is 19.0 Å². The summed E-state index contributed by atoms with van der Waals surface area (Å²) in [6.45, 7) is -0.0687. The minimum atomic E-state index is -4.23. The first-order chi connectivity index (χ1) is 5.21. The third kappa shape index (κ3) is 10.2. The Bertz CT molecular complexity index is 174. The minimum Gasteiger partial charge on any atom is -0.390 e. The third-order valence-corrected chi connectivity index (χ3v) is 2.67. The SMILES string of the molecule is O=P(O)(O)NCCC[Si](O)(O)O. The predicted octanol–water partition coefficient (Wildman–Crippen LogP) is -2.03. The lowest BCUT2D eigenvalue weighted by Gasteiger charge is -2.09. The molecule has 0 saturated carbocycles. The second kappa shape index (κ2) is 4.45. The van der Waals surface area contributed by atoms with E-state index in [0.29, 0.717) is 0 Å². The fourth-order valence-corrected chi connectivity index (χ4v) is 1.65. The molecule has 7 nitrogen and oxygen atoms in total. The Balaban J connectivity index is 3.41. The third-order valence-electron chi connectivity index (χ3n) is 1.01. The van der Waals surface area contributed by atoms with Crippen molar-refractivity contribution in [2.45, 2.75) is 12.5 Å². The van der Waals surface area contributed by atoms with Gasteiger partial charge in [0.2, 0.25) is 0 Å². The molecule has 0 aliphatic heterocycles. The molecule has 0 aliphatic carbocycles. The normalized spacial score (nSPS) is 13.4. The fraction of sp³-hybridized carbons (Fsp3) is 1.00. The van der Waals surface area contributed by atoms with Crippen molar-refractivity contribution < 1.29 is 28.7 Å². The van der Waals surface area contributed by atoms with Crippen LogP contribution in [0.2, 0.25) is 6.04 Å². The van der Waals surface area contributed by atoms with Gasteiger partial charge in [0.25, 0.3) is 0 Å². The van der Waals surface area contributed by atoms with Crippen molar-refractivity contribution in [2.24, 2.45) is 0 Å². The zero-order valence-corrected chi connectivity index (χ0v) is 8.11. The Morgan fingerprint density at radius 2 is 1.75 bits per heavy atom. The summed E-state index contributed by atoms with van der Waals surface area (Å²) >= 11 is 0. The van der Waals surface area contributed by atoms with E-state index in [1.54, 1.807) is 0 Å². The van der Waals surface area contributed by atoms with Crippen LogP contribution >= 0.6 is 7.75 Å². The molecule has 0 bridgehead atoms. The monoisotopic (exact) mass is 217 g/mol. The van der Waals surface area contributed by atoms with Crippen molar-refractivity contribution in [3.63, 3.8) is 0 Å². The van der Waals surface area contributed by atoms with Gasteiger partial charge in [-0.25, -0.2) is 9.65 Å². The summed E-state index contributed by atoms with van der Waals surface area (Å²) in [6.07, 6.45) is 0.0980. The van der Waals surface area contributed by atoms with Crippen LogP contribution in [0.4, 0.5) is 0 Å². The highest BCUT2D eigenvalue weighted by molar-refractivity contribution is 7.49. The summed E-state index contributed by atoms with van der Waals surface area (Å²) in [7, 11) is -8.27. The van der Waals surface area contributed by atoms with Crippen LogP contribution in [0.5, 0.6) is 0 Å². The van der Waals surface area contributed by atoms with E-state index < -0.39 is 16.6 Å². The predicted molar refractivity (Wildman–Crippen MR) is 41.9 cm³/mol. The summed E-state index contributed by atoms with van der Waals surface area (Å²) in [4.78, 5) is 42.0. The van der Waals surface area contributed by atoms with Gasteiger partial charge in [-0.3, -0.25) is 0 Å².